The zero-order valence-electron chi connectivity index (χ0n) is 10.1. The molecule has 2 rings (SSSR count). The van der Waals surface area contributed by atoms with Crippen molar-refractivity contribution >= 4 is 11.8 Å². The molecule has 1 N–H and O–H groups in total. The molecule has 0 aromatic heterocycles. The summed E-state index contributed by atoms with van der Waals surface area (Å²) >= 11 is 0. The Labute approximate surface area is 101 Å². The number of ketones is 1. The molecule has 3 unspecified atom stereocenters. The first-order valence-corrected chi connectivity index (χ1v) is 6.15. The molecule has 1 aliphatic heterocycles. The van der Waals surface area contributed by atoms with Crippen molar-refractivity contribution in [1.82, 2.24) is 5.32 Å². The number of rotatable bonds is 2. The van der Waals surface area contributed by atoms with E-state index >= 15 is 0 Å². The van der Waals surface area contributed by atoms with Gasteiger partial charge in [0.15, 0.2) is 0 Å². The minimum Gasteiger partial charge on any atom is -0.468 e. The predicted molar refractivity (Wildman–Crippen MR) is 60.5 cm³/mol. The lowest BCUT2D eigenvalue weighted by Gasteiger charge is -2.35. The molecule has 2 aliphatic rings. The molecule has 3 atom stereocenters. The zero-order valence-corrected chi connectivity index (χ0v) is 10.1. The summed E-state index contributed by atoms with van der Waals surface area (Å²) in [6.07, 6.45) is 1.98. The number of nitrogens with one attached hydrogen (secondary N) is 1. The molecule has 1 aliphatic carbocycles. The van der Waals surface area contributed by atoms with Gasteiger partial charge in [0.2, 0.25) is 0 Å². The fourth-order valence-electron chi connectivity index (χ4n) is 2.65. The quantitative estimate of drug-likeness (QED) is 0.550. The summed E-state index contributed by atoms with van der Waals surface area (Å²) in [5, 5.41) is 3.28. The Bertz CT molecular complexity index is 291. The minimum atomic E-state index is -0.579. The van der Waals surface area contributed by atoms with Gasteiger partial charge in [-0.15, -0.1) is 0 Å². The van der Waals surface area contributed by atoms with Gasteiger partial charge in [0.05, 0.1) is 19.8 Å². The van der Waals surface area contributed by atoms with E-state index in [2.05, 4.69) is 10.1 Å². The van der Waals surface area contributed by atoms with Gasteiger partial charge in [-0.25, -0.2) is 0 Å². The van der Waals surface area contributed by atoms with Crippen LogP contribution in [0.2, 0.25) is 0 Å². The summed E-state index contributed by atoms with van der Waals surface area (Å²) in [6.45, 7) is 2.40. The molecular weight excluding hydrogens is 222 g/mol. The van der Waals surface area contributed by atoms with Crippen LogP contribution in [0.4, 0.5) is 0 Å². The van der Waals surface area contributed by atoms with E-state index in [-0.39, 0.29) is 17.8 Å². The van der Waals surface area contributed by atoms with Crippen LogP contribution in [-0.4, -0.2) is 44.7 Å². The molecule has 2 fully saturated rings. The average Bonchev–Trinajstić information content (AvgIpc) is 2.39. The maximum atomic E-state index is 11.7. The van der Waals surface area contributed by atoms with Crippen LogP contribution < -0.4 is 5.32 Å². The molecule has 0 aromatic carbocycles. The van der Waals surface area contributed by atoms with Gasteiger partial charge in [-0.2, -0.15) is 0 Å². The molecule has 5 nitrogen and oxygen atoms in total. The van der Waals surface area contributed by atoms with E-state index in [1.165, 1.54) is 7.11 Å². The number of carbonyl (C=O) groups excluding carboxylic acids is 2. The van der Waals surface area contributed by atoms with E-state index in [1.54, 1.807) is 0 Å². The number of Topliss-reactive ketones (excluding diaryl/α,β-unsaturated/α-hetero) is 1. The molecule has 0 radical (unpaired) electrons. The fraction of sp³-hybridized carbons (Fsp3) is 0.833. The first kappa shape index (κ1) is 12.5. The van der Waals surface area contributed by atoms with Crippen LogP contribution in [0.25, 0.3) is 0 Å². The molecule has 96 valence electrons. The summed E-state index contributed by atoms with van der Waals surface area (Å²) in [5.41, 5.74) is 0. The average molecular weight is 241 g/mol. The predicted octanol–water partition coefficient (Wildman–Crippen LogP) is 0.133. The molecule has 0 aromatic rings. The smallest absolute Gasteiger partial charge is 0.316 e. The van der Waals surface area contributed by atoms with Gasteiger partial charge in [-0.05, 0) is 18.8 Å². The molecule has 1 saturated carbocycles. The van der Waals surface area contributed by atoms with E-state index in [4.69, 9.17) is 4.74 Å². The second-order valence-electron chi connectivity index (χ2n) is 4.69. The zero-order chi connectivity index (χ0) is 12.3. The third-order valence-corrected chi connectivity index (χ3v) is 3.66. The second-order valence-corrected chi connectivity index (χ2v) is 4.69. The van der Waals surface area contributed by atoms with Gasteiger partial charge in [-0.3, -0.25) is 9.59 Å². The number of morpholine rings is 1. The molecule has 1 saturated heterocycles. The Morgan fingerprint density at radius 2 is 2.35 bits per heavy atom. The normalized spacial score (nSPS) is 34.4. The van der Waals surface area contributed by atoms with Crippen LogP contribution in [0.1, 0.15) is 19.3 Å². The molecule has 5 heteroatoms. The van der Waals surface area contributed by atoms with Crippen LogP contribution >= 0.6 is 0 Å². The van der Waals surface area contributed by atoms with Gasteiger partial charge in [0, 0.05) is 19.5 Å². The Hall–Kier alpha value is -0.940. The van der Waals surface area contributed by atoms with Crippen molar-refractivity contribution in [1.29, 1.82) is 0 Å². The number of ether oxygens (including phenoxy) is 2. The van der Waals surface area contributed by atoms with Crippen LogP contribution in [0.15, 0.2) is 0 Å². The summed E-state index contributed by atoms with van der Waals surface area (Å²) in [7, 11) is 1.33. The van der Waals surface area contributed by atoms with Crippen LogP contribution in [0.3, 0.4) is 0 Å². The lowest BCUT2D eigenvalue weighted by Crippen LogP contribution is -2.46. The molecule has 0 amide bonds. The SMILES string of the molecule is COC(=O)C1CC(C2CNCCO2)CCC1=O. The second kappa shape index (κ2) is 5.60. The highest BCUT2D eigenvalue weighted by atomic mass is 16.5. The van der Waals surface area contributed by atoms with Crippen LogP contribution in [0.5, 0.6) is 0 Å². The number of methoxy groups -OCH3 is 1. The van der Waals surface area contributed by atoms with E-state index in [0.717, 1.165) is 19.5 Å². The van der Waals surface area contributed by atoms with Crippen molar-refractivity contribution in [3.8, 4) is 0 Å². The molecule has 17 heavy (non-hydrogen) atoms. The lowest BCUT2D eigenvalue weighted by atomic mass is 9.77. The van der Waals surface area contributed by atoms with E-state index in [9.17, 15) is 9.59 Å². The molecule has 1 heterocycles. The Morgan fingerprint density at radius 1 is 1.53 bits per heavy atom. The Kier molecular flexibility index (Phi) is 4.12. The van der Waals surface area contributed by atoms with Crippen molar-refractivity contribution in [2.24, 2.45) is 11.8 Å². The summed E-state index contributed by atoms with van der Waals surface area (Å²) in [4.78, 5) is 23.2. The highest BCUT2D eigenvalue weighted by molar-refractivity contribution is 5.99. The summed E-state index contributed by atoms with van der Waals surface area (Å²) in [6, 6.07) is 0. The Balaban J connectivity index is 1.96. The van der Waals surface area contributed by atoms with Gasteiger partial charge in [-0.1, -0.05) is 0 Å². The first-order chi connectivity index (χ1) is 8.22. The van der Waals surface area contributed by atoms with Crippen molar-refractivity contribution in [2.45, 2.75) is 25.4 Å². The van der Waals surface area contributed by atoms with Gasteiger partial charge in [0.1, 0.15) is 11.7 Å². The summed E-state index contributed by atoms with van der Waals surface area (Å²) in [5.74, 6) is -0.686. The number of carbonyl (C=O) groups is 2. The van der Waals surface area contributed by atoms with Crippen molar-refractivity contribution in [3.63, 3.8) is 0 Å². The largest absolute Gasteiger partial charge is 0.468 e. The van der Waals surface area contributed by atoms with Crippen molar-refractivity contribution in [3.05, 3.63) is 0 Å². The monoisotopic (exact) mass is 241 g/mol. The third-order valence-electron chi connectivity index (χ3n) is 3.66. The molecule has 0 bridgehead atoms. The summed E-state index contributed by atoms with van der Waals surface area (Å²) < 4.78 is 10.4. The molecule has 0 spiro atoms. The minimum absolute atomic E-state index is 0.0110. The van der Waals surface area contributed by atoms with E-state index in [1.807, 2.05) is 0 Å². The van der Waals surface area contributed by atoms with Crippen LogP contribution in [0, 0.1) is 11.8 Å². The van der Waals surface area contributed by atoms with Gasteiger partial charge < -0.3 is 14.8 Å². The number of hydrogen-bond acceptors (Lipinski definition) is 5. The van der Waals surface area contributed by atoms with E-state index < -0.39 is 11.9 Å². The molecular formula is C12H19NO4. The lowest BCUT2D eigenvalue weighted by molar-refractivity contribution is -0.152. The van der Waals surface area contributed by atoms with Gasteiger partial charge in [0.25, 0.3) is 0 Å². The first-order valence-electron chi connectivity index (χ1n) is 6.15. The third kappa shape index (κ3) is 2.84. The maximum Gasteiger partial charge on any atom is 0.316 e. The van der Waals surface area contributed by atoms with Crippen LogP contribution in [-0.2, 0) is 19.1 Å². The topological polar surface area (TPSA) is 64.6 Å². The standard InChI is InChI=1S/C12H19NO4/c1-16-12(15)9-6-8(2-3-10(9)14)11-7-13-4-5-17-11/h8-9,11,13H,2-7H2,1H3. The number of esters is 1. The van der Waals surface area contributed by atoms with Gasteiger partial charge >= 0.3 is 5.97 Å². The van der Waals surface area contributed by atoms with Crippen molar-refractivity contribution < 1.29 is 19.1 Å². The maximum absolute atomic E-state index is 11.7. The van der Waals surface area contributed by atoms with Crippen molar-refractivity contribution in [2.75, 3.05) is 26.8 Å². The highest BCUT2D eigenvalue weighted by Crippen LogP contribution is 2.31. The fourth-order valence-corrected chi connectivity index (χ4v) is 2.65. The number of hydrogen-bond donors (Lipinski definition) is 1. The highest BCUT2D eigenvalue weighted by Gasteiger charge is 2.38. The van der Waals surface area contributed by atoms with E-state index in [0.29, 0.717) is 19.4 Å². The Morgan fingerprint density at radius 3 is 3.00 bits per heavy atom.